The third kappa shape index (κ3) is 1.80. The molecule has 0 unspecified atom stereocenters. The number of hydrogen-bond acceptors (Lipinski definition) is 4. The van der Waals surface area contributed by atoms with Crippen molar-refractivity contribution in [1.29, 1.82) is 0 Å². The summed E-state index contributed by atoms with van der Waals surface area (Å²) in [6.45, 7) is -9.35. The van der Waals surface area contributed by atoms with Crippen molar-refractivity contribution in [2.45, 2.75) is 6.85 Å². The molecule has 1 aromatic rings. The van der Waals surface area contributed by atoms with E-state index in [1.54, 1.807) is 0 Å². The van der Waals surface area contributed by atoms with Crippen LogP contribution in [0.4, 0.5) is 11.6 Å². The maximum atomic E-state index is 7.55. The fourth-order valence-electron chi connectivity index (χ4n) is 0.504. The van der Waals surface area contributed by atoms with Gasteiger partial charge in [0.15, 0.2) is 0 Å². The van der Waals surface area contributed by atoms with E-state index in [9.17, 15) is 0 Å². The van der Waals surface area contributed by atoms with E-state index in [4.69, 9.17) is 16.7 Å². The highest BCUT2D eigenvalue weighted by Crippen LogP contribution is 2.05. The summed E-state index contributed by atoms with van der Waals surface area (Å²) in [5.74, 6) is -0.431. The van der Waals surface area contributed by atoms with Crippen LogP contribution in [0.25, 0.3) is 0 Å². The zero-order valence-electron chi connectivity index (χ0n) is 13.6. The average Bonchev–Trinajstić information content (AvgIpc) is 2.17. The average molecular weight is 160 g/mol. The number of nitrogens with zero attached hydrogens (tertiary/aromatic N) is 3. The predicted octanol–water partition coefficient (Wildman–Crippen LogP) is 0.515. The molecule has 0 aliphatic rings. The third-order valence-electron chi connectivity index (χ3n) is 0.999. The van der Waals surface area contributed by atoms with E-state index in [0.717, 1.165) is 12.4 Å². The molecule has 1 heterocycles. The van der Waals surface area contributed by atoms with Crippen LogP contribution in [0, 0.1) is 0 Å². The van der Waals surface area contributed by atoms with Crippen molar-refractivity contribution in [1.82, 2.24) is 9.97 Å². The number of aromatic nitrogens is 2. The van der Waals surface area contributed by atoms with E-state index < -0.39 is 26.1 Å². The molecule has 4 heteroatoms. The van der Waals surface area contributed by atoms with Crippen LogP contribution in [0.3, 0.4) is 0 Å². The maximum Gasteiger partial charge on any atom is 0.146 e. The highest BCUT2D eigenvalue weighted by molar-refractivity contribution is 5.37. The molecule has 0 atom stereocenters. The lowest BCUT2D eigenvalue weighted by molar-refractivity contribution is 0.929. The number of hydrogen-bond donors (Lipinski definition) is 1. The van der Waals surface area contributed by atoms with Crippen LogP contribution >= 0.6 is 0 Å². The first kappa shape index (κ1) is 2.33. The maximum absolute atomic E-state index is 7.55. The highest BCUT2D eigenvalue weighted by Gasteiger charge is 1.97. The minimum Gasteiger partial charge on any atom is -0.382 e. The van der Waals surface area contributed by atoms with Gasteiger partial charge < -0.3 is 10.6 Å². The van der Waals surface area contributed by atoms with Crippen molar-refractivity contribution in [2.75, 3.05) is 24.1 Å². The van der Waals surface area contributed by atoms with Gasteiger partial charge in [0.2, 0.25) is 0 Å². The Morgan fingerprint density at radius 2 is 2.64 bits per heavy atom. The highest BCUT2D eigenvalue weighted by atomic mass is 15.2. The summed E-state index contributed by atoms with van der Waals surface area (Å²) in [4.78, 5) is 7.29. The lowest BCUT2D eigenvalue weighted by Crippen LogP contribution is -2.17. The molecule has 11 heavy (non-hydrogen) atoms. The van der Waals surface area contributed by atoms with Gasteiger partial charge in [-0.15, -0.1) is 0 Å². The van der Waals surface area contributed by atoms with Gasteiger partial charge in [-0.05, 0) is 6.85 Å². The summed E-state index contributed by atoms with van der Waals surface area (Å²) in [5, 5.41) is 0. The molecule has 0 spiro atoms. The molecular formula is C7H12N4. The Balaban J connectivity index is 3.36. The van der Waals surface area contributed by atoms with Crippen molar-refractivity contribution in [3.05, 3.63) is 12.4 Å². The van der Waals surface area contributed by atoms with E-state index in [-0.39, 0.29) is 10.7 Å². The van der Waals surface area contributed by atoms with Gasteiger partial charge in [0.25, 0.3) is 0 Å². The third-order valence-corrected chi connectivity index (χ3v) is 0.999. The zero-order valence-corrected chi connectivity index (χ0v) is 5.57. The van der Waals surface area contributed by atoms with Crippen molar-refractivity contribution in [3.63, 3.8) is 0 Å². The molecule has 0 aromatic carbocycles. The Morgan fingerprint density at radius 3 is 3.18 bits per heavy atom. The van der Waals surface area contributed by atoms with Gasteiger partial charge in [-0.1, -0.05) is 0 Å². The molecule has 0 aliphatic heterocycles. The quantitative estimate of drug-likeness (QED) is 0.685. The van der Waals surface area contributed by atoms with Gasteiger partial charge >= 0.3 is 0 Å². The largest absolute Gasteiger partial charge is 0.382 e. The second-order valence-electron chi connectivity index (χ2n) is 1.75. The molecular weight excluding hydrogens is 140 g/mol. The summed E-state index contributed by atoms with van der Waals surface area (Å²) in [6, 6.07) is 0. The van der Waals surface area contributed by atoms with E-state index in [1.807, 2.05) is 0 Å². The van der Waals surface area contributed by atoms with Crippen LogP contribution < -0.4 is 10.6 Å². The monoisotopic (exact) mass is 160 g/mol. The Bertz CT molecular complexity index is 436. The minimum atomic E-state index is -3.18. The van der Waals surface area contributed by atoms with Crippen LogP contribution in [-0.4, -0.2) is 23.4 Å². The molecule has 4 nitrogen and oxygen atoms in total. The van der Waals surface area contributed by atoms with E-state index in [2.05, 4.69) is 9.97 Å². The molecule has 0 saturated heterocycles. The fourth-order valence-corrected chi connectivity index (χ4v) is 0.504. The summed E-state index contributed by atoms with van der Waals surface area (Å²) >= 11 is 0. The van der Waals surface area contributed by atoms with Crippen molar-refractivity contribution in [2.24, 2.45) is 0 Å². The lowest BCUT2D eigenvalue weighted by Gasteiger charge is -2.13. The van der Waals surface area contributed by atoms with E-state index in [1.165, 1.54) is 0 Å². The van der Waals surface area contributed by atoms with Gasteiger partial charge in [-0.3, -0.25) is 0 Å². The standard InChI is InChI=1S/C7H12N4/c1-3-11(2)7-5-9-6(8)4-10-7/h4-5H,3H2,1-2H3,(H2,8,9)/i1D3,2D3,3D2. The molecule has 0 aliphatic carbocycles. The van der Waals surface area contributed by atoms with Crippen LogP contribution in [0.2, 0.25) is 0 Å². The number of nitrogens with two attached hydrogens (primary N) is 1. The molecule has 1 rings (SSSR count). The fraction of sp³-hybridized carbons (Fsp3) is 0.429. The molecule has 0 saturated carbocycles. The molecule has 1 aromatic heterocycles. The zero-order chi connectivity index (χ0) is 15.1. The second-order valence-corrected chi connectivity index (χ2v) is 1.75. The van der Waals surface area contributed by atoms with Gasteiger partial charge in [0.1, 0.15) is 11.6 Å². The smallest absolute Gasteiger partial charge is 0.146 e. The molecule has 60 valence electrons. The van der Waals surface area contributed by atoms with Crippen LogP contribution in [-0.2, 0) is 0 Å². The molecule has 2 N–H and O–H groups in total. The minimum absolute atomic E-state index is 0.00341. The van der Waals surface area contributed by atoms with Crippen molar-refractivity contribution in [3.8, 4) is 0 Å². The van der Waals surface area contributed by atoms with Gasteiger partial charge in [0.05, 0.1) is 12.4 Å². The Hall–Kier alpha value is -1.32. The SMILES string of the molecule is [2H]C([2H])([2H])N(c1cnc(N)cn1)C([2H])([2H])C([2H])([2H])[2H]. The summed E-state index contributed by atoms with van der Waals surface area (Å²) < 4.78 is 58.4. The Labute approximate surface area is 77.3 Å². The number of nitrogen functional groups attached to an aromatic ring is 1. The lowest BCUT2D eigenvalue weighted by atomic mass is 10.5. The summed E-state index contributed by atoms with van der Waals surface area (Å²) in [5.41, 5.74) is 5.29. The first-order chi connectivity index (χ1) is 8.37. The summed E-state index contributed by atoms with van der Waals surface area (Å²) in [6.07, 6.45) is 1.93. The van der Waals surface area contributed by atoms with Crippen LogP contribution in [0.5, 0.6) is 0 Å². The van der Waals surface area contributed by atoms with Gasteiger partial charge in [-0.25, -0.2) is 9.97 Å². The van der Waals surface area contributed by atoms with Gasteiger partial charge in [0, 0.05) is 24.4 Å². The molecule has 0 amide bonds. The van der Waals surface area contributed by atoms with Crippen molar-refractivity contribution >= 4 is 11.6 Å². The first-order valence-electron chi connectivity index (χ1n) is 6.75. The van der Waals surface area contributed by atoms with E-state index in [0.29, 0.717) is 0 Å². The molecule has 0 fully saturated rings. The van der Waals surface area contributed by atoms with Gasteiger partial charge in [-0.2, -0.15) is 0 Å². The molecule has 0 bridgehead atoms. The predicted molar refractivity (Wildman–Crippen MR) is 45.4 cm³/mol. The summed E-state index contributed by atoms with van der Waals surface area (Å²) in [7, 11) is 0. The second kappa shape index (κ2) is 3.18. The van der Waals surface area contributed by atoms with Crippen LogP contribution in [0.15, 0.2) is 12.4 Å². The van der Waals surface area contributed by atoms with Crippen LogP contribution in [0.1, 0.15) is 17.8 Å². The Morgan fingerprint density at radius 1 is 1.73 bits per heavy atom. The number of rotatable bonds is 2. The normalized spacial score (nSPS) is 24.0. The molecule has 0 radical (unpaired) electrons. The number of anilines is 2. The Kier molecular flexibility index (Phi) is 0.675. The van der Waals surface area contributed by atoms with E-state index >= 15 is 0 Å². The van der Waals surface area contributed by atoms with Crippen molar-refractivity contribution < 1.29 is 11.0 Å². The first-order valence-corrected chi connectivity index (χ1v) is 2.75. The topological polar surface area (TPSA) is 55.0 Å².